The number of carbonyl (C=O) groups is 3. The van der Waals surface area contributed by atoms with Crippen LogP contribution in [0.2, 0.25) is 0 Å². The first-order valence-corrected chi connectivity index (χ1v) is 14.6. The standard InChI is InChI=1S/C34H38N4O4/c1-38(2,25-23-37-32(39)29-15-6-7-16-30(29)33(37)40)24-11-10-20-36-21-18-27(19-22-36)42-34(41)35-31-17-9-8-14-28(31)26-12-4-3-5-13-26/h3-17,27H,18-25H2,1-2H3/p+1/b11-10+. The Morgan fingerprint density at radius 3 is 2.12 bits per heavy atom. The summed E-state index contributed by atoms with van der Waals surface area (Å²) < 4.78 is 6.43. The molecular formula is C34H39N4O4+. The second-order valence-corrected chi connectivity index (χ2v) is 11.6. The number of quaternary nitrogens is 1. The van der Waals surface area contributed by atoms with E-state index in [1.54, 1.807) is 24.3 Å². The van der Waals surface area contributed by atoms with E-state index in [1.807, 2.05) is 54.6 Å². The molecule has 2 aliphatic heterocycles. The van der Waals surface area contributed by atoms with Gasteiger partial charge in [-0.2, -0.15) is 0 Å². The second kappa shape index (κ2) is 13.1. The number of likely N-dealkylation sites (N-methyl/N-ethyl adjacent to an activating group) is 1. The monoisotopic (exact) mass is 567 g/mol. The summed E-state index contributed by atoms with van der Waals surface area (Å²) in [5.41, 5.74) is 3.73. The lowest BCUT2D eigenvalue weighted by Crippen LogP contribution is -2.46. The molecule has 1 saturated heterocycles. The number of ether oxygens (including phenoxy) is 1. The van der Waals surface area contributed by atoms with Crippen molar-refractivity contribution < 1.29 is 23.6 Å². The van der Waals surface area contributed by atoms with E-state index in [0.717, 1.165) is 55.8 Å². The Labute approximate surface area is 247 Å². The van der Waals surface area contributed by atoms with E-state index in [9.17, 15) is 14.4 Å². The van der Waals surface area contributed by atoms with Gasteiger partial charge in [0.25, 0.3) is 11.8 Å². The van der Waals surface area contributed by atoms with E-state index >= 15 is 0 Å². The molecule has 0 saturated carbocycles. The van der Waals surface area contributed by atoms with E-state index in [-0.39, 0.29) is 17.9 Å². The highest BCUT2D eigenvalue weighted by atomic mass is 16.6. The molecule has 42 heavy (non-hydrogen) atoms. The number of carbonyl (C=O) groups excluding carboxylic acids is 3. The van der Waals surface area contributed by atoms with Crippen molar-refractivity contribution in [2.45, 2.75) is 18.9 Å². The highest BCUT2D eigenvalue weighted by Gasteiger charge is 2.36. The normalized spacial score (nSPS) is 16.2. The van der Waals surface area contributed by atoms with Crippen LogP contribution >= 0.6 is 0 Å². The van der Waals surface area contributed by atoms with E-state index in [4.69, 9.17) is 4.74 Å². The molecule has 5 rings (SSSR count). The minimum absolute atomic E-state index is 0.105. The number of likely N-dealkylation sites (tertiary alicyclic amines) is 1. The molecule has 0 atom stereocenters. The largest absolute Gasteiger partial charge is 0.446 e. The van der Waals surface area contributed by atoms with Gasteiger partial charge in [-0.15, -0.1) is 0 Å². The zero-order valence-corrected chi connectivity index (χ0v) is 24.4. The SMILES string of the molecule is C[N+](C)(C/C=C/CN1CCC(OC(=O)Nc2ccccc2-c2ccccc2)CC1)CCN1C(=O)c2ccccc2C1=O. The number of benzene rings is 3. The number of rotatable bonds is 10. The summed E-state index contributed by atoms with van der Waals surface area (Å²) in [5.74, 6) is -0.402. The van der Waals surface area contributed by atoms with Crippen LogP contribution in [-0.4, -0.2) is 91.7 Å². The fraction of sp³-hybridized carbons (Fsp3) is 0.324. The van der Waals surface area contributed by atoms with Crippen molar-refractivity contribution in [2.75, 3.05) is 58.7 Å². The summed E-state index contributed by atoms with van der Waals surface area (Å²) in [5, 5.41) is 2.93. The van der Waals surface area contributed by atoms with Crippen LogP contribution in [0.1, 0.15) is 33.6 Å². The molecular weight excluding hydrogens is 528 g/mol. The van der Waals surface area contributed by atoms with Gasteiger partial charge in [0.1, 0.15) is 6.10 Å². The van der Waals surface area contributed by atoms with Crippen LogP contribution in [-0.2, 0) is 4.74 Å². The number of nitrogens with zero attached hydrogens (tertiary/aromatic N) is 3. The smallest absolute Gasteiger partial charge is 0.411 e. The fourth-order valence-corrected chi connectivity index (χ4v) is 5.45. The third-order valence-corrected chi connectivity index (χ3v) is 7.99. The molecule has 1 fully saturated rings. The number of fused-ring (bicyclic) bond motifs is 1. The number of para-hydroxylation sites is 1. The predicted molar refractivity (Wildman–Crippen MR) is 164 cm³/mol. The first-order valence-electron chi connectivity index (χ1n) is 14.6. The minimum Gasteiger partial charge on any atom is -0.446 e. The number of amides is 3. The van der Waals surface area contributed by atoms with Crippen LogP contribution in [0.5, 0.6) is 0 Å². The van der Waals surface area contributed by atoms with Gasteiger partial charge in [0, 0.05) is 25.2 Å². The lowest BCUT2D eigenvalue weighted by atomic mass is 10.0. The Hall–Kier alpha value is -4.27. The van der Waals surface area contributed by atoms with Crippen molar-refractivity contribution >= 4 is 23.6 Å². The van der Waals surface area contributed by atoms with Gasteiger partial charge in [-0.05, 0) is 42.7 Å². The highest BCUT2D eigenvalue weighted by Crippen LogP contribution is 2.28. The fourth-order valence-electron chi connectivity index (χ4n) is 5.45. The summed E-state index contributed by atoms with van der Waals surface area (Å²) in [4.78, 5) is 41.7. The number of imide groups is 1. The molecule has 0 aliphatic carbocycles. The molecule has 0 bridgehead atoms. The summed E-state index contributed by atoms with van der Waals surface area (Å²) in [6.45, 7) is 4.43. The Morgan fingerprint density at radius 1 is 0.857 bits per heavy atom. The van der Waals surface area contributed by atoms with Crippen LogP contribution < -0.4 is 5.32 Å². The highest BCUT2D eigenvalue weighted by molar-refractivity contribution is 6.21. The van der Waals surface area contributed by atoms with Crippen molar-refractivity contribution in [3.8, 4) is 11.1 Å². The average Bonchev–Trinajstić information content (AvgIpc) is 3.24. The summed E-state index contributed by atoms with van der Waals surface area (Å²) in [6.07, 6.45) is 5.41. The molecule has 0 unspecified atom stereocenters. The van der Waals surface area contributed by atoms with Crippen molar-refractivity contribution in [1.82, 2.24) is 9.80 Å². The summed E-state index contributed by atoms with van der Waals surface area (Å²) >= 11 is 0. The van der Waals surface area contributed by atoms with Crippen LogP contribution in [0.25, 0.3) is 11.1 Å². The van der Waals surface area contributed by atoms with Crippen LogP contribution in [0.3, 0.4) is 0 Å². The molecule has 1 N–H and O–H groups in total. The van der Waals surface area contributed by atoms with Crippen molar-refractivity contribution in [2.24, 2.45) is 0 Å². The van der Waals surface area contributed by atoms with Gasteiger partial charge in [0.15, 0.2) is 0 Å². The van der Waals surface area contributed by atoms with Crippen molar-refractivity contribution in [3.05, 3.63) is 102 Å². The first kappa shape index (κ1) is 29.2. The molecule has 3 amide bonds. The van der Waals surface area contributed by atoms with Gasteiger partial charge >= 0.3 is 6.09 Å². The van der Waals surface area contributed by atoms with Crippen LogP contribution in [0.15, 0.2) is 91.0 Å². The maximum atomic E-state index is 12.7. The number of anilines is 1. The molecule has 3 aromatic carbocycles. The Balaban J connectivity index is 1.01. The van der Waals surface area contributed by atoms with Gasteiger partial charge in [-0.1, -0.05) is 66.7 Å². The molecule has 2 aliphatic rings. The van der Waals surface area contributed by atoms with E-state index < -0.39 is 6.09 Å². The van der Waals surface area contributed by atoms with Gasteiger partial charge < -0.3 is 9.22 Å². The number of nitrogens with one attached hydrogen (secondary N) is 1. The molecule has 0 radical (unpaired) electrons. The molecule has 2 heterocycles. The molecule has 8 nitrogen and oxygen atoms in total. The quantitative estimate of drug-likeness (QED) is 0.205. The van der Waals surface area contributed by atoms with Gasteiger partial charge in [0.05, 0.1) is 50.5 Å². The molecule has 3 aromatic rings. The number of hydrogen-bond donors (Lipinski definition) is 1. The summed E-state index contributed by atoms with van der Waals surface area (Å²) in [7, 11) is 4.21. The molecule has 8 heteroatoms. The third-order valence-electron chi connectivity index (χ3n) is 7.99. The lowest BCUT2D eigenvalue weighted by molar-refractivity contribution is -0.883. The van der Waals surface area contributed by atoms with Gasteiger partial charge in [-0.3, -0.25) is 24.7 Å². The molecule has 0 spiro atoms. The summed E-state index contributed by atoms with van der Waals surface area (Å²) in [6, 6.07) is 24.7. The zero-order valence-electron chi connectivity index (χ0n) is 24.4. The van der Waals surface area contributed by atoms with Crippen LogP contribution in [0, 0.1) is 0 Å². The Morgan fingerprint density at radius 2 is 1.45 bits per heavy atom. The molecule has 0 aromatic heterocycles. The number of piperidine rings is 1. The van der Waals surface area contributed by atoms with Gasteiger partial charge in [0.2, 0.25) is 0 Å². The average molecular weight is 568 g/mol. The van der Waals surface area contributed by atoms with Gasteiger partial charge in [-0.25, -0.2) is 4.79 Å². The second-order valence-electron chi connectivity index (χ2n) is 11.6. The Bertz CT molecular complexity index is 1410. The maximum Gasteiger partial charge on any atom is 0.411 e. The predicted octanol–water partition coefficient (Wildman–Crippen LogP) is 5.30. The minimum atomic E-state index is -0.419. The Kier molecular flexibility index (Phi) is 9.15. The lowest BCUT2D eigenvalue weighted by Gasteiger charge is -2.31. The van der Waals surface area contributed by atoms with E-state index in [2.05, 4.69) is 36.5 Å². The van der Waals surface area contributed by atoms with Crippen LogP contribution in [0.4, 0.5) is 10.5 Å². The first-order chi connectivity index (χ1) is 20.3. The van der Waals surface area contributed by atoms with Crippen molar-refractivity contribution in [1.29, 1.82) is 0 Å². The van der Waals surface area contributed by atoms with E-state index in [0.29, 0.717) is 28.7 Å². The van der Waals surface area contributed by atoms with Crippen molar-refractivity contribution in [3.63, 3.8) is 0 Å². The molecule has 218 valence electrons. The third kappa shape index (κ3) is 7.13. The van der Waals surface area contributed by atoms with E-state index in [1.165, 1.54) is 4.90 Å². The maximum absolute atomic E-state index is 12.7. The zero-order chi connectivity index (χ0) is 29.5. The topological polar surface area (TPSA) is 79.0 Å². The number of hydrogen-bond acceptors (Lipinski definition) is 5.